The molecule has 0 unspecified atom stereocenters. The Morgan fingerprint density at radius 3 is 2.72 bits per heavy atom. The summed E-state index contributed by atoms with van der Waals surface area (Å²) in [7, 11) is 0. The molecule has 2 rings (SSSR count). The molecular weight excluding hydrogens is 236 g/mol. The van der Waals surface area contributed by atoms with Gasteiger partial charge in [0.25, 0.3) is 0 Å². The fraction of sp³-hybridized carbons (Fsp3) is 0.385. The van der Waals surface area contributed by atoms with E-state index in [1.165, 1.54) is 11.1 Å². The van der Waals surface area contributed by atoms with E-state index in [4.69, 9.17) is 9.84 Å². The Labute approximate surface area is 104 Å². The molecule has 1 aromatic carbocycles. The van der Waals surface area contributed by atoms with E-state index >= 15 is 0 Å². The molecule has 0 atom stereocenters. The highest BCUT2D eigenvalue weighted by atomic mass is 16.6. The van der Waals surface area contributed by atoms with Gasteiger partial charge in [-0.05, 0) is 42.5 Å². The molecule has 5 nitrogen and oxygen atoms in total. The van der Waals surface area contributed by atoms with Crippen LogP contribution >= 0.6 is 0 Å². The van der Waals surface area contributed by atoms with Crippen molar-refractivity contribution in [1.82, 2.24) is 0 Å². The lowest BCUT2D eigenvalue weighted by Gasteiger charge is -2.06. The van der Waals surface area contributed by atoms with E-state index in [0.29, 0.717) is 5.75 Å². The van der Waals surface area contributed by atoms with Gasteiger partial charge in [-0.2, -0.15) is 0 Å². The van der Waals surface area contributed by atoms with Gasteiger partial charge >= 0.3 is 11.9 Å². The van der Waals surface area contributed by atoms with Crippen molar-refractivity contribution in [2.75, 3.05) is 13.2 Å². The van der Waals surface area contributed by atoms with Gasteiger partial charge in [0, 0.05) is 0 Å². The zero-order chi connectivity index (χ0) is 13.0. The number of fused-ring (bicyclic) bond motifs is 1. The molecule has 0 radical (unpaired) electrons. The maximum Gasteiger partial charge on any atom is 0.337 e. The Morgan fingerprint density at radius 1 is 1.17 bits per heavy atom. The second-order valence-electron chi connectivity index (χ2n) is 4.14. The number of aryl methyl sites for hydroxylation is 2. The Morgan fingerprint density at radius 2 is 1.94 bits per heavy atom. The minimum absolute atomic E-state index is 0.358. The standard InChI is InChI=1S/C13H14O5/c14-12(15)7-17-8-13(16)18-11-5-4-9-2-1-3-10(9)6-11/h4-6H,1-3,7-8H2,(H,14,15). The Kier molecular flexibility index (Phi) is 3.94. The first-order valence-corrected chi connectivity index (χ1v) is 5.77. The zero-order valence-electron chi connectivity index (χ0n) is 9.85. The molecule has 0 spiro atoms. The summed E-state index contributed by atoms with van der Waals surface area (Å²) in [5, 5.41) is 8.34. The van der Waals surface area contributed by atoms with Gasteiger partial charge in [0.2, 0.25) is 0 Å². The molecule has 0 saturated heterocycles. The molecule has 1 aromatic rings. The summed E-state index contributed by atoms with van der Waals surface area (Å²) < 4.78 is 9.71. The number of esters is 1. The van der Waals surface area contributed by atoms with Crippen molar-refractivity contribution in [3.8, 4) is 5.75 Å². The molecule has 1 N–H and O–H groups in total. The van der Waals surface area contributed by atoms with Crippen LogP contribution < -0.4 is 4.74 Å². The van der Waals surface area contributed by atoms with Crippen molar-refractivity contribution in [1.29, 1.82) is 0 Å². The molecular formula is C13H14O5. The molecule has 5 heteroatoms. The summed E-state index contributed by atoms with van der Waals surface area (Å²) >= 11 is 0. The second kappa shape index (κ2) is 5.64. The molecule has 0 aromatic heterocycles. The Hall–Kier alpha value is -1.88. The number of carbonyl (C=O) groups excluding carboxylic acids is 1. The molecule has 18 heavy (non-hydrogen) atoms. The van der Waals surface area contributed by atoms with Crippen LogP contribution in [0.2, 0.25) is 0 Å². The Balaban J connectivity index is 1.85. The monoisotopic (exact) mass is 250 g/mol. The average molecular weight is 250 g/mol. The van der Waals surface area contributed by atoms with E-state index in [1.54, 1.807) is 6.07 Å². The summed E-state index contributed by atoms with van der Waals surface area (Å²) in [4.78, 5) is 21.5. The van der Waals surface area contributed by atoms with Crippen molar-refractivity contribution in [2.24, 2.45) is 0 Å². The van der Waals surface area contributed by atoms with E-state index < -0.39 is 18.5 Å². The Bertz CT molecular complexity index is 466. The average Bonchev–Trinajstić information content (AvgIpc) is 2.75. The second-order valence-corrected chi connectivity index (χ2v) is 4.14. The van der Waals surface area contributed by atoms with Gasteiger partial charge < -0.3 is 14.6 Å². The number of hydrogen-bond acceptors (Lipinski definition) is 4. The van der Waals surface area contributed by atoms with Crippen LogP contribution in [0.15, 0.2) is 18.2 Å². The summed E-state index contributed by atoms with van der Waals surface area (Å²) in [6.07, 6.45) is 3.22. The zero-order valence-corrected chi connectivity index (χ0v) is 9.85. The van der Waals surface area contributed by atoms with Crippen LogP contribution in [-0.4, -0.2) is 30.3 Å². The molecule has 96 valence electrons. The molecule has 1 aliphatic carbocycles. The summed E-state index contributed by atoms with van der Waals surface area (Å²) in [5.74, 6) is -1.21. The normalized spacial score (nSPS) is 13.1. The van der Waals surface area contributed by atoms with Gasteiger partial charge in [0.15, 0.2) is 0 Å². The van der Waals surface area contributed by atoms with Crippen molar-refractivity contribution < 1.29 is 24.2 Å². The number of aliphatic carboxylic acids is 1. The molecule has 0 fully saturated rings. The molecule has 0 amide bonds. The number of rotatable bonds is 5. The predicted octanol–water partition coefficient (Wildman–Crippen LogP) is 1.18. The number of carboxylic acid groups (broad SMARTS) is 1. The van der Waals surface area contributed by atoms with Crippen molar-refractivity contribution in [2.45, 2.75) is 19.3 Å². The lowest BCUT2D eigenvalue weighted by molar-refractivity contribution is -0.147. The minimum Gasteiger partial charge on any atom is -0.480 e. The van der Waals surface area contributed by atoms with Crippen molar-refractivity contribution in [3.63, 3.8) is 0 Å². The van der Waals surface area contributed by atoms with E-state index in [0.717, 1.165) is 19.3 Å². The van der Waals surface area contributed by atoms with Crippen molar-refractivity contribution >= 4 is 11.9 Å². The molecule has 0 heterocycles. The first-order chi connectivity index (χ1) is 8.65. The first-order valence-electron chi connectivity index (χ1n) is 5.77. The first kappa shape index (κ1) is 12.6. The maximum absolute atomic E-state index is 11.4. The number of ether oxygens (including phenoxy) is 2. The van der Waals surface area contributed by atoms with Gasteiger partial charge in [-0.15, -0.1) is 0 Å². The summed E-state index contributed by atoms with van der Waals surface area (Å²) in [5.41, 5.74) is 2.52. The van der Waals surface area contributed by atoms with Crippen LogP contribution in [0.4, 0.5) is 0 Å². The highest BCUT2D eigenvalue weighted by Gasteiger charge is 2.13. The van der Waals surface area contributed by atoms with Crippen LogP contribution in [0.1, 0.15) is 17.5 Å². The van der Waals surface area contributed by atoms with Crippen LogP contribution in [0.3, 0.4) is 0 Å². The van der Waals surface area contributed by atoms with Gasteiger partial charge in [-0.25, -0.2) is 9.59 Å². The van der Waals surface area contributed by atoms with E-state index in [1.807, 2.05) is 12.1 Å². The van der Waals surface area contributed by atoms with E-state index in [-0.39, 0.29) is 6.61 Å². The molecule has 0 bridgehead atoms. The number of carboxylic acids is 1. The van der Waals surface area contributed by atoms with Crippen molar-refractivity contribution in [3.05, 3.63) is 29.3 Å². The highest BCUT2D eigenvalue weighted by Crippen LogP contribution is 2.25. The SMILES string of the molecule is O=C(O)COCC(=O)Oc1ccc2c(c1)CCC2. The smallest absolute Gasteiger partial charge is 0.337 e. The van der Waals surface area contributed by atoms with Gasteiger partial charge in [0.1, 0.15) is 19.0 Å². The van der Waals surface area contributed by atoms with Crippen LogP contribution in [0.5, 0.6) is 5.75 Å². The van der Waals surface area contributed by atoms with E-state index in [9.17, 15) is 9.59 Å². The van der Waals surface area contributed by atoms with Gasteiger partial charge in [0.05, 0.1) is 0 Å². The third kappa shape index (κ3) is 3.30. The molecule has 1 aliphatic rings. The lowest BCUT2D eigenvalue weighted by atomic mass is 10.1. The molecule has 0 saturated carbocycles. The molecule has 0 aliphatic heterocycles. The van der Waals surface area contributed by atoms with Crippen LogP contribution in [-0.2, 0) is 27.2 Å². The van der Waals surface area contributed by atoms with E-state index in [2.05, 4.69) is 4.74 Å². The largest absolute Gasteiger partial charge is 0.480 e. The fourth-order valence-electron chi connectivity index (χ4n) is 1.99. The van der Waals surface area contributed by atoms with Gasteiger partial charge in [-0.3, -0.25) is 0 Å². The minimum atomic E-state index is -1.11. The number of benzene rings is 1. The van der Waals surface area contributed by atoms with Gasteiger partial charge in [-0.1, -0.05) is 6.07 Å². The number of carbonyl (C=O) groups is 2. The quantitative estimate of drug-likeness (QED) is 0.627. The third-order valence-corrected chi connectivity index (χ3v) is 2.75. The lowest BCUT2D eigenvalue weighted by Crippen LogP contribution is -2.18. The van der Waals surface area contributed by atoms with Crippen LogP contribution in [0.25, 0.3) is 0 Å². The predicted molar refractivity (Wildman–Crippen MR) is 62.6 cm³/mol. The number of hydrogen-bond donors (Lipinski definition) is 1. The topological polar surface area (TPSA) is 72.8 Å². The highest BCUT2D eigenvalue weighted by molar-refractivity contribution is 5.74. The maximum atomic E-state index is 11.4. The summed E-state index contributed by atoms with van der Waals surface area (Å²) in [6.45, 7) is -0.858. The van der Waals surface area contributed by atoms with Crippen LogP contribution in [0, 0.1) is 0 Å². The fourth-order valence-corrected chi connectivity index (χ4v) is 1.99. The third-order valence-electron chi connectivity index (χ3n) is 2.75. The summed E-state index contributed by atoms with van der Waals surface area (Å²) in [6, 6.07) is 5.57.